The third-order valence-electron chi connectivity index (χ3n) is 22.6. The molecule has 83 heavy (non-hydrogen) atoms. The molecule has 4 aliphatic heterocycles. The second-order valence-corrected chi connectivity index (χ2v) is 28.3. The van der Waals surface area contributed by atoms with E-state index in [9.17, 15) is 19.2 Å². The number of amides is 4. The standard InChI is InChI=1S/C25H37N3O3.2C23H30N2O.3H2/c1-18(2)31-24(30)28-12-8-20(9-13-28)17-27-14-10-25(11-15-27)16-23(26-19(3)29)21-6-4-5-7-22(21)25;2*1-16(26)24-22-14-23(21-5-3-2-4-20(21)22)8-10-25(11-9-23)15-19-13-17-6-7-18(19)12-17;;;/h4-7,18,20,23H,8-17H2,1-3H3,(H,26,29);2*2-7,17-19,22H,8-15H2,1H3,(H,24,26);3*1H/t23-;17-,18-,19+,22?;17-,18-,19-,22-;;;/m000.../s1. The number of hydrogen-bond acceptors (Lipinski definition) is 8. The SMILES string of the molecule is CC(=O)NC1CC2(CCN(C[C@H]3C[C@H]4C=C[C@H]3C4)CC2)c2ccccc21.CC(=O)N[C@H]1CC2(CCN(CC3CCN(C(=O)OC(C)C)CC3)CC2)c2ccccc21.CC(=O)N[C@H]1CC2(CCN(C[C@@H]3C[C@H]4C=C[C@H]3C4)CC2)c2ccccc21.[HH].[HH].[HH]. The first-order valence-electron chi connectivity index (χ1n) is 32.7. The van der Waals surface area contributed by atoms with Gasteiger partial charge in [-0.05, 0) is 224 Å². The molecule has 12 heteroatoms. The lowest BCUT2D eigenvalue weighted by atomic mass is 9.73. The van der Waals surface area contributed by atoms with Gasteiger partial charge in [0, 0.05) is 74.0 Å². The highest BCUT2D eigenvalue weighted by Crippen LogP contribution is 2.54. The molecule has 14 rings (SSSR count). The van der Waals surface area contributed by atoms with Crippen molar-refractivity contribution in [2.45, 2.75) is 171 Å². The van der Waals surface area contributed by atoms with Crippen LogP contribution in [0, 0.1) is 41.4 Å². The maximum absolute atomic E-state index is 12.1. The summed E-state index contributed by atoms with van der Waals surface area (Å²) in [6.45, 7) is 21.0. The molecule has 0 aromatic heterocycles. The van der Waals surface area contributed by atoms with Gasteiger partial charge in [-0.25, -0.2) is 4.79 Å². The van der Waals surface area contributed by atoms with Crippen LogP contribution < -0.4 is 16.0 Å². The molecule has 4 bridgehead atoms. The third-order valence-corrected chi connectivity index (χ3v) is 22.6. The molecule has 1 unspecified atom stereocenters. The molecule has 4 saturated heterocycles. The maximum Gasteiger partial charge on any atom is 0.410 e. The van der Waals surface area contributed by atoms with Crippen LogP contribution in [0.4, 0.5) is 4.79 Å². The van der Waals surface area contributed by atoms with Gasteiger partial charge in [-0.2, -0.15) is 0 Å². The van der Waals surface area contributed by atoms with Gasteiger partial charge in [0.2, 0.25) is 17.7 Å². The summed E-state index contributed by atoms with van der Waals surface area (Å²) >= 11 is 0. The lowest BCUT2D eigenvalue weighted by molar-refractivity contribution is -0.120. The summed E-state index contributed by atoms with van der Waals surface area (Å²) in [6, 6.07) is 26.9. The summed E-state index contributed by atoms with van der Waals surface area (Å²) in [7, 11) is 0. The predicted molar refractivity (Wildman–Crippen MR) is 335 cm³/mol. The highest BCUT2D eigenvalue weighted by atomic mass is 16.6. The van der Waals surface area contributed by atoms with Gasteiger partial charge in [0.05, 0.1) is 24.2 Å². The Labute approximate surface area is 500 Å². The van der Waals surface area contributed by atoms with Gasteiger partial charge >= 0.3 is 6.09 Å². The first-order valence-corrected chi connectivity index (χ1v) is 32.7. The van der Waals surface area contributed by atoms with Crippen molar-refractivity contribution in [1.29, 1.82) is 0 Å². The Balaban J connectivity index is 0.000000152. The summed E-state index contributed by atoms with van der Waals surface area (Å²) in [5, 5.41) is 9.57. The van der Waals surface area contributed by atoms with Crippen LogP contribution in [-0.4, -0.2) is 122 Å². The number of carbonyl (C=O) groups excluding carboxylic acids is 4. The fraction of sp³-hybridized carbons (Fsp3) is 0.634. The second kappa shape index (κ2) is 24.6. The Morgan fingerprint density at radius 3 is 1.16 bits per heavy atom. The number of benzene rings is 3. The number of ether oxygens (including phenoxy) is 1. The minimum absolute atomic E-state index is 0. The number of carbonyl (C=O) groups is 4. The Bertz CT molecular complexity index is 2760. The van der Waals surface area contributed by atoms with Crippen molar-refractivity contribution in [2.24, 2.45) is 41.4 Å². The number of likely N-dealkylation sites (tertiary alicyclic amines) is 4. The van der Waals surface area contributed by atoms with E-state index in [0.717, 1.165) is 113 Å². The van der Waals surface area contributed by atoms with Crippen LogP contribution >= 0.6 is 0 Å². The lowest BCUT2D eigenvalue weighted by Crippen LogP contribution is -2.46. The Morgan fingerprint density at radius 2 is 0.843 bits per heavy atom. The number of nitrogens with zero attached hydrogens (tertiary/aromatic N) is 4. The molecule has 12 nitrogen and oxygen atoms in total. The number of piperidine rings is 4. The van der Waals surface area contributed by atoms with Crippen LogP contribution in [0.15, 0.2) is 97.1 Å². The molecule has 9 atom stereocenters. The van der Waals surface area contributed by atoms with Gasteiger partial charge in [0.25, 0.3) is 0 Å². The normalized spacial score (nSPS) is 30.4. The summed E-state index contributed by atoms with van der Waals surface area (Å²) in [5.74, 6) is 6.12. The van der Waals surface area contributed by atoms with E-state index in [1.807, 2.05) is 18.7 Å². The van der Waals surface area contributed by atoms with E-state index in [1.165, 1.54) is 124 Å². The van der Waals surface area contributed by atoms with Crippen molar-refractivity contribution in [3.05, 3.63) is 130 Å². The van der Waals surface area contributed by atoms with E-state index >= 15 is 0 Å². The zero-order valence-electron chi connectivity index (χ0n) is 50.8. The van der Waals surface area contributed by atoms with Gasteiger partial charge < -0.3 is 40.3 Å². The van der Waals surface area contributed by atoms with Crippen LogP contribution in [0.3, 0.4) is 0 Å². The maximum atomic E-state index is 12.1. The molecular weight excluding hydrogens is 1030 g/mol. The van der Waals surface area contributed by atoms with Crippen molar-refractivity contribution in [2.75, 3.05) is 72.0 Å². The van der Waals surface area contributed by atoms with Crippen LogP contribution in [0.1, 0.15) is 187 Å². The average molecular weight is 1130 g/mol. The fourth-order valence-corrected chi connectivity index (χ4v) is 18.5. The van der Waals surface area contributed by atoms with Gasteiger partial charge in [-0.1, -0.05) is 97.1 Å². The minimum Gasteiger partial charge on any atom is -0.447 e. The number of rotatable bonds is 10. The van der Waals surface area contributed by atoms with Crippen molar-refractivity contribution in [3.8, 4) is 0 Å². The minimum atomic E-state index is -0.165. The van der Waals surface area contributed by atoms with E-state index in [-0.39, 0.29) is 68.6 Å². The number of nitrogens with one attached hydrogen (secondary N) is 3. The molecule has 0 radical (unpaired) electrons. The van der Waals surface area contributed by atoms with Crippen LogP contribution in [0.25, 0.3) is 0 Å². The van der Waals surface area contributed by atoms with Crippen LogP contribution in [0.2, 0.25) is 0 Å². The summed E-state index contributed by atoms with van der Waals surface area (Å²) in [4.78, 5) is 57.1. The van der Waals surface area contributed by atoms with Crippen molar-refractivity contribution >= 4 is 23.8 Å². The van der Waals surface area contributed by atoms with Crippen molar-refractivity contribution < 1.29 is 28.2 Å². The zero-order chi connectivity index (χ0) is 57.5. The third kappa shape index (κ3) is 12.5. The Morgan fingerprint density at radius 1 is 0.494 bits per heavy atom. The predicted octanol–water partition coefficient (Wildman–Crippen LogP) is 12.2. The topological polar surface area (TPSA) is 127 Å². The zero-order valence-corrected chi connectivity index (χ0v) is 50.8. The van der Waals surface area contributed by atoms with E-state index in [4.69, 9.17) is 4.74 Å². The van der Waals surface area contributed by atoms with E-state index < -0.39 is 0 Å². The molecule has 3 N–H and O–H groups in total. The van der Waals surface area contributed by atoms with E-state index in [0.29, 0.717) is 5.92 Å². The molecule has 3 aromatic rings. The lowest BCUT2D eigenvalue weighted by Gasteiger charge is -2.42. The molecule has 452 valence electrons. The molecule has 11 aliphatic rings. The van der Waals surface area contributed by atoms with Crippen LogP contribution in [-0.2, 0) is 35.4 Å². The highest BCUT2D eigenvalue weighted by Gasteiger charge is 2.49. The van der Waals surface area contributed by atoms with Gasteiger partial charge in [0.1, 0.15) is 0 Å². The fourth-order valence-electron chi connectivity index (χ4n) is 18.5. The van der Waals surface area contributed by atoms with E-state index in [2.05, 4.69) is 128 Å². The molecular formula is C71H103N7O5. The second-order valence-electron chi connectivity index (χ2n) is 28.3. The molecule has 7 aliphatic carbocycles. The Hall–Kier alpha value is -5.30. The molecule has 3 spiro atoms. The van der Waals surface area contributed by atoms with E-state index in [1.54, 1.807) is 20.8 Å². The van der Waals surface area contributed by atoms with Gasteiger partial charge in [-0.15, -0.1) is 0 Å². The first kappa shape index (κ1) is 58.1. The molecule has 4 heterocycles. The van der Waals surface area contributed by atoms with Crippen molar-refractivity contribution in [1.82, 2.24) is 35.6 Å². The van der Waals surface area contributed by atoms with Gasteiger partial charge in [-0.3, -0.25) is 14.4 Å². The summed E-state index contributed by atoms with van der Waals surface area (Å²) in [6.07, 6.45) is 27.8. The largest absolute Gasteiger partial charge is 0.447 e. The monoisotopic (exact) mass is 1130 g/mol. The summed E-state index contributed by atoms with van der Waals surface area (Å²) < 4.78 is 5.34. The molecule has 3 aromatic carbocycles. The van der Waals surface area contributed by atoms with Crippen LogP contribution in [0.5, 0.6) is 0 Å². The average Bonchev–Trinajstić information content (AvgIpc) is 3.50. The van der Waals surface area contributed by atoms with Crippen molar-refractivity contribution in [3.63, 3.8) is 0 Å². The van der Waals surface area contributed by atoms with Gasteiger partial charge in [0.15, 0.2) is 0 Å². The first-order chi connectivity index (χ1) is 40.1. The highest BCUT2D eigenvalue weighted by molar-refractivity contribution is 5.75. The number of hydrogen-bond donors (Lipinski definition) is 3. The number of allylic oxidation sites excluding steroid dienone is 4. The summed E-state index contributed by atoms with van der Waals surface area (Å²) in [5.41, 5.74) is 9.22. The molecule has 4 amide bonds. The quantitative estimate of drug-likeness (QED) is 0.171. The number of fused-ring (bicyclic) bond motifs is 10. The molecule has 6 fully saturated rings. The smallest absolute Gasteiger partial charge is 0.410 e. The Kier molecular flexibility index (Phi) is 17.2. The molecule has 2 saturated carbocycles.